The van der Waals surface area contributed by atoms with E-state index in [0.29, 0.717) is 6.61 Å². The van der Waals surface area contributed by atoms with E-state index in [1.807, 2.05) is 0 Å². The summed E-state index contributed by atoms with van der Waals surface area (Å²) in [6.45, 7) is 2.03. The summed E-state index contributed by atoms with van der Waals surface area (Å²) >= 11 is 5.75. The number of pyridine rings is 1. The minimum absolute atomic E-state index is 0.122. The Morgan fingerprint density at radius 1 is 1.33 bits per heavy atom. The molecule has 0 atom stereocenters. The molecule has 1 heterocycles. The van der Waals surface area contributed by atoms with Crippen LogP contribution in [0, 0.1) is 11.6 Å². The minimum Gasteiger partial charge on any atom is -0.492 e. The van der Waals surface area contributed by atoms with E-state index in [1.165, 1.54) is 12.1 Å². The van der Waals surface area contributed by atoms with Crippen molar-refractivity contribution in [1.82, 2.24) is 4.98 Å². The molecule has 0 spiro atoms. The minimum atomic E-state index is -0.686. The number of hydrogen-bond acceptors (Lipinski definition) is 3. The zero-order valence-electron chi connectivity index (χ0n) is 11.0. The van der Waals surface area contributed by atoms with Gasteiger partial charge in [-0.3, -0.25) is 4.79 Å². The number of hydrogen-bond donors (Lipinski definition) is 1. The average molecular weight is 313 g/mol. The van der Waals surface area contributed by atoms with Gasteiger partial charge in [-0.15, -0.1) is 0 Å². The van der Waals surface area contributed by atoms with Crippen LogP contribution in [0.2, 0.25) is 5.15 Å². The lowest BCUT2D eigenvalue weighted by Gasteiger charge is -2.12. The van der Waals surface area contributed by atoms with Crippen molar-refractivity contribution in [2.45, 2.75) is 6.92 Å². The van der Waals surface area contributed by atoms with Gasteiger partial charge in [-0.2, -0.15) is 0 Å². The molecule has 2 aromatic rings. The highest BCUT2D eigenvalue weighted by molar-refractivity contribution is 6.33. The third-order valence-electron chi connectivity index (χ3n) is 2.54. The molecular formula is C14H11ClF2N2O2. The second kappa shape index (κ2) is 6.49. The van der Waals surface area contributed by atoms with Crippen molar-refractivity contribution in [3.05, 3.63) is 52.8 Å². The number of aromatic nitrogens is 1. The maximum absolute atomic E-state index is 13.2. The highest BCUT2D eigenvalue weighted by atomic mass is 35.5. The fraction of sp³-hybridized carbons (Fsp3) is 0.143. The first kappa shape index (κ1) is 15.2. The van der Waals surface area contributed by atoms with Crippen LogP contribution in [-0.4, -0.2) is 17.5 Å². The molecule has 110 valence electrons. The first-order valence-corrected chi connectivity index (χ1v) is 6.43. The predicted octanol–water partition coefficient (Wildman–Crippen LogP) is 3.66. The summed E-state index contributed by atoms with van der Waals surface area (Å²) in [6, 6.07) is 4.63. The van der Waals surface area contributed by atoms with Crippen LogP contribution in [-0.2, 0) is 0 Å². The van der Waals surface area contributed by atoms with E-state index in [0.717, 1.165) is 18.3 Å². The number of nitrogens with zero attached hydrogens (tertiary/aromatic N) is 1. The Balaban J connectivity index is 2.29. The largest absolute Gasteiger partial charge is 0.492 e. The normalized spacial score (nSPS) is 10.3. The number of benzene rings is 1. The molecule has 0 saturated heterocycles. The van der Waals surface area contributed by atoms with Crippen LogP contribution in [0.25, 0.3) is 0 Å². The Kier molecular flexibility index (Phi) is 4.70. The second-order valence-electron chi connectivity index (χ2n) is 4.02. The monoisotopic (exact) mass is 312 g/mol. The molecule has 0 aliphatic rings. The van der Waals surface area contributed by atoms with Gasteiger partial charge in [0.2, 0.25) is 0 Å². The smallest absolute Gasteiger partial charge is 0.259 e. The van der Waals surface area contributed by atoms with Crippen molar-refractivity contribution in [2.75, 3.05) is 11.9 Å². The van der Waals surface area contributed by atoms with Crippen molar-refractivity contribution >= 4 is 23.2 Å². The van der Waals surface area contributed by atoms with Crippen LogP contribution in [0.3, 0.4) is 0 Å². The number of nitrogens with one attached hydrogen (secondary N) is 1. The van der Waals surface area contributed by atoms with Gasteiger partial charge in [-0.1, -0.05) is 11.6 Å². The number of carbonyl (C=O) groups excluding carboxylic acids is 1. The fourth-order valence-electron chi connectivity index (χ4n) is 1.65. The summed E-state index contributed by atoms with van der Waals surface area (Å²) in [5.41, 5.74) is 0.131. The number of halogens is 3. The number of rotatable bonds is 4. The van der Waals surface area contributed by atoms with Gasteiger partial charge < -0.3 is 10.1 Å². The highest BCUT2D eigenvalue weighted by Crippen LogP contribution is 2.26. The Morgan fingerprint density at radius 2 is 2.10 bits per heavy atom. The molecule has 4 nitrogen and oxygen atoms in total. The zero-order valence-corrected chi connectivity index (χ0v) is 11.7. The van der Waals surface area contributed by atoms with E-state index in [9.17, 15) is 13.6 Å². The van der Waals surface area contributed by atoms with E-state index in [4.69, 9.17) is 16.3 Å². The SMILES string of the molecule is CCOc1cc(F)ccc1NC(=O)c1cc(F)cnc1Cl. The van der Waals surface area contributed by atoms with Crippen LogP contribution in [0.5, 0.6) is 5.75 Å². The maximum atomic E-state index is 13.2. The van der Waals surface area contributed by atoms with Crippen molar-refractivity contribution in [3.63, 3.8) is 0 Å². The molecule has 1 aromatic carbocycles. The van der Waals surface area contributed by atoms with Crippen molar-refractivity contribution in [3.8, 4) is 5.75 Å². The fourth-order valence-corrected chi connectivity index (χ4v) is 1.83. The highest BCUT2D eigenvalue weighted by Gasteiger charge is 2.15. The Morgan fingerprint density at radius 3 is 2.81 bits per heavy atom. The summed E-state index contributed by atoms with van der Waals surface area (Å²) in [7, 11) is 0. The van der Waals surface area contributed by atoms with Gasteiger partial charge in [0.15, 0.2) is 0 Å². The number of ether oxygens (including phenoxy) is 1. The van der Waals surface area contributed by atoms with E-state index in [-0.39, 0.29) is 22.2 Å². The third kappa shape index (κ3) is 3.66. The van der Waals surface area contributed by atoms with Gasteiger partial charge in [0.1, 0.15) is 22.5 Å². The van der Waals surface area contributed by atoms with Crippen LogP contribution in [0.1, 0.15) is 17.3 Å². The molecule has 0 radical (unpaired) electrons. The molecule has 1 amide bonds. The Labute approximate surface area is 124 Å². The van der Waals surface area contributed by atoms with Crippen molar-refractivity contribution in [2.24, 2.45) is 0 Å². The lowest BCUT2D eigenvalue weighted by atomic mass is 10.2. The molecule has 0 bridgehead atoms. The summed E-state index contributed by atoms with van der Waals surface area (Å²) in [4.78, 5) is 15.6. The predicted molar refractivity (Wildman–Crippen MR) is 74.7 cm³/mol. The molecule has 0 fully saturated rings. The molecule has 21 heavy (non-hydrogen) atoms. The van der Waals surface area contributed by atoms with Crippen molar-refractivity contribution in [1.29, 1.82) is 0 Å². The summed E-state index contributed by atoms with van der Waals surface area (Å²) in [5.74, 6) is -1.68. The lowest BCUT2D eigenvalue weighted by Crippen LogP contribution is -2.14. The van der Waals surface area contributed by atoms with Crippen LogP contribution >= 0.6 is 11.6 Å². The Hall–Kier alpha value is -2.21. The molecule has 0 saturated carbocycles. The first-order chi connectivity index (χ1) is 10.0. The van der Waals surface area contributed by atoms with Gasteiger partial charge >= 0.3 is 0 Å². The molecular weight excluding hydrogens is 302 g/mol. The zero-order chi connectivity index (χ0) is 15.4. The van der Waals surface area contributed by atoms with E-state index >= 15 is 0 Å². The number of amides is 1. The van der Waals surface area contributed by atoms with Gasteiger partial charge in [0.25, 0.3) is 5.91 Å². The molecule has 0 unspecified atom stereocenters. The second-order valence-corrected chi connectivity index (χ2v) is 4.38. The summed E-state index contributed by atoms with van der Waals surface area (Å²) in [6.07, 6.45) is 0.905. The van der Waals surface area contributed by atoms with Gasteiger partial charge in [0.05, 0.1) is 24.1 Å². The molecule has 7 heteroatoms. The van der Waals surface area contributed by atoms with Gasteiger partial charge in [-0.05, 0) is 25.1 Å². The molecule has 1 aromatic heterocycles. The molecule has 1 N–H and O–H groups in total. The topological polar surface area (TPSA) is 51.2 Å². The van der Waals surface area contributed by atoms with Gasteiger partial charge in [-0.25, -0.2) is 13.8 Å². The lowest BCUT2D eigenvalue weighted by molar-refractivity contribution is 0.102. The molecule has 2 rings (SSSR count). The molecule has 0 aliphatic heterocycles. The van der Waals surface area contributed by atoms with Crippen LogP contribution in [0.4, 0.5) is 14.5 Å². The number of anilines is 1. The van der Waals surface area contributed by atoms with E-state index in [2.05, 4.69) is 10.3 Å². The maximum Gasteiger partial charge on any atom is 0.259 e. The van der Waals surface area contributed by atoms with E-state index < -0.39 is 17.5 Å². The van der Waals surface area contributed by atoms with Crippen LogP contribution in [0.15, 0.2) is 30.5 Å². The van der Waals surface area contributed by atoms with E-state index in [1.54, 1.807) is 6.92 Å². The third-order valence-corrected chi connectivity index (χ3v) is 2.84. The Bertz CT molecular complexity index is 680. The standard InChI is InChI=1S/C14H11ClF2N2O2/c1-2-21-12-6-8(16)3-4-11(12)19-14(20)10-5-9(17)7-18-13(10)15/h3-7H,2H2,1H3,(H,19,20). The van der Waals surface area contributed by atoms with Crippen molar-refractivity contribution < 1.29 is 18.3 Å². The first-order valence-electron chi connectivity index (χ1n) is 6.06. The number of carbonyl (C=O) groups is 1. The van der Waals surface area contributed by atoms with Crippen LogP contribution < -0.4 is 10.1 Å². The average Bonchev–Trinajstić information content (AvgIpc) is 2.44. The van der Waals surface area contributed by atoms with Gasteiger partial charge in [0, 0.05) is 6.07 Å². The molecule has 0 aliphatic carbocycles. The summed E-state index contributed by atoms with van der Waals surface area (Å²) in [5, 5.41) is 2.35. The summed E-state index contributed by atoms with van der Waals surface area (Å²) < 4.78 is 31.5. The quantitative estimate of drug-likeness (QED) is 0.876.